The lowest BCUT2D eigenvalue weighted by atomic mass is 9.96. The van der Waals surface area contributed by atoms with Crippen LogP contribution in [0.25, 0.3) is 28.0 Å². The molecule has 5 nitrogen and oxygen atoms in total. The first-order valence-electron chi connectivity index (χ1n) is 7.97. The van der Waals surface area contributed by atoms with Gasteiger partial charge in [0, 0.05) is 17.7 Å². The summed E-state index contributed by atoms with van der Waals surface area (Å²) in [6.07, 6.45) is 1.25. The van der Waals surface area contributed by atoms with Crippen LogP contribution in [0.15, 0.2) is 48.7 Å². The molecule has 0 aliphatic rings. The highest BCUT2D eigenvalue weighted by Crippen LogP contribution is 2.38. The minimum Gasteiger partial charge on any atom is -0.216 e. The lowest BCUT2D eigenvalue weighted by molar-refractivity contribution is 0.548. The summed E-state index contributed by atoms with van der Waals surface area (Å²) in [7, 11) is 0. The predicted molar refractivity (Wildman–Crippen MR) is 93.2 cm³/mol. The third-order valence-electron chi connectivity index (χ3n) is 4.18. The van der Waals surface area contributed by atoms with E-state index in [0.717, 1.165) is 0 Å². The molecule has 0 amide bonds. The first-order chi connectivity index (χ1) is 13.5. The van der Waals surface area contributed by atoms with Crippen molar-refractivity contribution < 1.29 is 13.2 Å². The predicted octanol–water partition coefficient (Wildman–Crippen LogP) is 4.22. The van der Waals surface area contributed by atoms with E-state index in [4.69, 9.17) is 0 Å². The first-order valence-corrected chi connectivity index (χ1v) is 7.97. The topological polar surface area (TPSA) is 77.8 Å². The fraction of sp³-hybridized carbons (Fsp3) is 0. The van der Waals surface area contributed by atoms with Crippen molar-refractivity contribution in [3.05, 3.63) is 77.4 Å². The molecule has 0 N–H and O–H groups in total. The lowest BCUT2D eigenvalue weighted by Gasteiger charge is -2.15. The molecule has 28 heavy (non-hydrogen) atoms. The van der Waals surface area contributed by atoms with Gasteiger partial charge in [0.15, 0.2) is 11.3 Å². The molecule has 134 valence electrons. The van der Waals surface area contributed by atoms with Gasteiger partial charge in [-0.15, -0.1) is 0 Å². The van der Waals surface area contributed by atoms with Crippen molar-refractivity contribution in [2.75, 3.05) is 0 Å². The van der Waals surface area contributed by atoms with E-state index in [1.807, 2.05) is 12.1 Å². The molecule has 4 rings (SSSR count). The van der Waals surface area contributed by atoms with E-state index in [1.54, 1.807) is 30.3 Å². The van der Waals surface area contributed by atoms with Crippen LogP contribution in [0.1, 0.15) is 11.3 Å². The van der Waals surface area contributed by atoms with E-state index in [-0.39, 0.29) is 28.2 Å². The van der Waals surface area contributed by atoms with E-state index in [1.165, 1.54) is 10.7 Å². The smallest absolute Gasteiger partial charge is 0.174 e. The standard InChI is InChI=1S/C20H8F3N5/c21-13-6-14(22)17(15(23)7-13)18-16(9-25)27-20-12(8-24)10-26-28(20)19(18)11-4-2-1-3-5-11/h1-7,10H. The fourth-order valence-corrected chi connectivity index (χ4v) is 3.03. The number of halogens is 3. The van der Waals surface area contributed by atoms with Gasteiger partial charge in [-0.3, -0.25) is 0 Å². The summed E-state index contributed by atoms with van der Waals surface area (Å²) in [6, 6.07) is 13.3. The Bertz CT molecular complexity index is 1290. The average molecular weight is 375 g/mol. The summed E-state index contributed by atoms with van der Waals surface area (Å²) in [5.74, 6) is -3.45. The summed E-state index contributed by atoms with van der Waals surface area (Å²) >= 11 is 0. The number of aromatic nitrogens is 3. The summed E-state index contributed by atoms with van der Waals surface area (Å²) in [5, 5.41) is 23.0. The first kappa shape index (κ1) is 17.3. The van der Waals surface area contributed by atoms with Crippen LogP contribution in [0.3, 0.4) is 0 Å². The normalized spacial score (nSPS) is 10.6. The average Bonchev–Trinajstić information content (AvgIpc) is 3.09. The molecule has 0 bridgehead atoms. The van der Waals surface area contributed by atoms with E-state index >= 15 is 0 Å². The molecule has 0 spiro atoms. The number of benzene rings is 2. The third-order valence-corrected chi connectivity index (χ3v) is 4.18. The zero-order valence-corrected chi connectivity index (χ0v) is 14.0. The van der Waals surface area contributed by atoms with Crippen LogP contribution in [-0.2, 0) is 0 Å². The van der Waals surface area contributed by atoms with Crippen molar-refractivity contribution in [2.45, 2.75) is 0 Å². The Labute approximate surface area is 156 Å². The Morgan fingerprint density at radius 2 is 1.57 bits per heavy atom. The van der Waals surface area contributed by atoms with E-state index in [2.05, 4.69) is 10.1 Å². The molecule has 0 aliphatic carbocycles. The van der Waals surface area contributed by atoms with Gasteiger partial charge in [0.2, 0.25) is 0 Å². The van der Waals surface area contributed by atoms with Crippen LogP contribution in [0.5, 0.6) is 0 Å². The van der Waals surface area contributed by atoms with Crippen LogP contribution >= 0.6 is 0 Å². The number of fused-ring (bicyclic) bond motifs is 1. The molecule has 0 unspecified atom stereocenters. The second kappa shape index (κ2) is 6.53. The minimum atomic E-state index is -1.18. The van der Waals surface area contributed by atoms with Gasteiger partial charge < -0.3 is 0 Å². The molecule has 0 saturated carbocycles. The Kier molecular flexibility index (Phi) is 4.02. The summed E-state index contributed by atoms with van der Waals surface area (Å²) in [4.78, 5) is 4.08. The zero-order valence-electron chi connectivity index (χ0n) is 14.0. The van der Waals surface area contributed by atoms with Gasteiger partial charge in [-0.25, -0.2) is 22.7 Å². The van der Waals surface area contributed by atoms with Crippen LogP contribution in [0.4, 0.5) is 13.2 Å². The number of rotatable bonds is 2. The van der Waals surface area contributed by atoms with Gasteiger partial charge in [-0.2, -0.15) is 15.6 Å². The van der Waals surface area contributed by atoms with Crippen molar-refractivity contribution in [1.82, 2.24) is 14.6 Å². The summed E-state index contributed by atoms with van der Waals surface area (Å²) in [6.45, 7) is 0. The fourth-order valence-electron chi connectivity index (χ4n) is 3.03. The number of nitriles is 2. The molecule has 2 heterocycles. The summed E-state index contributed by atoms with van der Waals surface area (Å²) < 4.78 is 43.8. The van der Waals surface area contributed by atoms with Gasteiger partial charge in [0.1, 0.15) is 35.2 Å². The molecule has 8 heteroatoms. The van der Waals surface area contributed by atoms with Gasteiger partial charge in [0.05, 0.1) is 23.0 Å². The van der Waals surface area contributed by atoms with Crippen molar-refractivity contribution >= 4 is 5.65 Å². The van der Waals surface area contributed by atoms with Crippen molar-refractivity contribution in [2.24, 2.45) is 0 Å². The maximum absolute atomic E-state index is 14.6. The molecule has 0 radical (unpaired) electrons. The van der Waals surface area contributed by atoms with Gasteiger partial charge in [-0.1, -0.05) is 30.3 Å². The highest BCUT2D eigenvalue weighted by molar-refractivity contribution is 5.86. The number of nitrogens with zero attached hydrogens (tertiary/aromatic N) is 5. The Morgan fingerprint density at radius 3 is 2.18 bits per heavy atom. The molecular weight excluding hydrogens is 367 g/mol. The molecule has 0 atom stereocenters. The van der Waals surface area contributed by atoms with Crippen LogP contribution in [-0.4, -0.2) is 14.6 Å². The molecule has 0 aliphatic heterocycles. The molecule has 2 aromatic carbocycles. The van der Waals surface area contributed by atoms with Gasteiger partial charge in [-0.05, 0) is 0 Å². The molecule has 0 saturated heterocycles. The zero-order chi connectivity index (χ0) is 19.8. The monoisotopic (exact) mass is 375 g/mol. The molecule has 2 aromatic heterocycles. The minimum absolute atomic E-state index is 0.0737. The van der Waals surface area contributed by atoms with Gasteiger partial charge in [0.25, 0.3) is 0 Å². The Hall–Kier alpha value is -4.17. The second-order valence-corrected chi connectivity index (χ2v) is 5.81. The third kappa shape index (κ3) is 2.56. The molecule has 0 fully saturated rings. The highest BCUT2D eigenvalue weighted by Gasteiger charge is 2.26. The van der Waals surface area contributed by atoms with Crippen molar-refractivity contribution in [3.63, 3.8) is 0 Å². The van der Waals surface area contributed by atoms with Gasteiger partial charge >= 0.3 is 0 Å². The molecule has 4 aromatic rings. The SMILES string of the molecule is N#Cc1nc2c(C#N)cnn2c(-c2ccccc2)c1-c1c(F)cc(F)cc1F. The highest BCUT2D eigenvalue weighted by atomic mass is 19.1. The molecular formula is C20H8F3N5. The largest absolute Gasteiger partial charge is 0.216 e. The van der Waals surface area contributed by atoms with Crippen molar-refractivity contribution in [1.29, 1.82) is 10.5 Å². The van der Waals surface area contributed by atoms with E-state index in [9.17, 15) is 23.7 Å². The second-order valence-electron chi connectivity index (χ2n) is 5.81. The quantitative estimate of drug-likeness (QED) is 0.525. The van der Waals surface area contributed by atoms with E-state index < -0.39 is 23.0 Å². The summed E-state index contributed by atoms with van der Waals surface area (Å²) in [5.41, 5.74) is -0.271. The Morgan fingerprint density at radius 1 is 0.893 bits per heavy atom. The number of hydrogen-bond donors (Lipinski definition) is 0. The maximum atomic E-state index is 14.6. The van der Waals surface area contributed by atoms with Crippen LogP contribution in [0.2, 0.25) is 0 Å². The van der Waals surface area contributed by atoms with Crippen LogP contribution in [0, 0.1) is 40.1 Å². The van der Waals surface area contributed by atoms with Crippen molar-refractivity contribution in [3.8, 4) is 34.5 Å². The van der Waals surface area contributed by atoms with E-state index in [0.29, 0.717) is 17.7 Å². The van der Waals surface area contributed by atoms with Crippen LogP contribution < -0.4 is 0 Å². The maximum Gasteiger partial charge on any atom is 0.174 e. The Balaban J connectivity index is 2.24. The number of hydrogen-bond acceptors (Lipinski definition) is 4. The lowest BCUT2D eigenvalue weighted by Crippen LogP contribution is -2.06.